The molecule has 1 saturated heterocycles. The number of nitrogens with zero attached hydrogens (tertiary/aromatic N) is 3. The minimum atomic E-state index is -4.55. The van der Waals surface area contributed by atoms with Crippen LogP contribution in [-0.2, 0) is 20.9 Å². The van der Waals surface area contributed by atoms with Gasteiger partial charge in [-0.2, -0.15) is 17.5 Å². The van der Waals surface area contributed by atoms with Crippen molar-refractivity contribution in [2.75, 3.05) is 38.2 Å². The van der Waals surface area contributed by atoms with Crippen LogP contribution < -0.4 is 4.90 Å². The van der Waals surface area contributed by atoms with Crippen molar-refractivity contribution in [2.45, 2.75) is 11.1 Å². The zero-order chi connectivity index (χ0) is 22.1. The van der Waals surface area contributed by atoms with E-state index in [9.17, 15) is 26.4 Å². The van der Waals surface area contributed by atoms with Crippen molar-refractivity contribution in [1.29, 1.82) is 0 Å². The van der Waals surface area contributed by atoms with Crippen LogP contribution in [0.2, 0.25) is 5.02 Å². The number of carbonyl (C=O) groups is 1. The van der Waals surface area contributed by atoms with Gasteiger partial charge in [-0.15, -0.1) is 0 Å². The molecule has 12 heteroatoms. The van der Waals surface area contributed by atoms with E-state index in [0.717, 1.165) is 6.07 Å². The molecule has 0 amide bonds. The molecule has 1 aromatic heterocycles. The predicted molar refractivity (Wildman–Crippen MR) is 103 cm³/mol. The maximum Gasteiger partial charge on any atom is 0.417 e. The Kier molecular flexibility index (Phi) is 6.25. The molecule has 0 N–H and O–H groups in total. The first-order valence-electron chi connectivity index (χ1n) is 8.70. The number of hydrogen-bond acceptors (Lipinski definition) is 6. The van der Waals surface area contributed by atoms with Gasteiger partial charge in [0.05, 0.1) is 28.2 Å². The Morgan fingerprint density at radius 1 is 1.13 bits per heavy atom. The number of alkyl halides is 3. The topological polar surface area (TPSA) is 79.8 Å². The van der Waals surface area contributed by atoms with Gasteiger partial charge in [0, 0.05) is 32.4 Å². The standard InChI is InChI=1S/C18H17ClF3N3O4S/c1-29-17(26)12-2-4-14(5-3-12)30(27,28)25-8-6-24(7-9-25)16-15(19)10-13(11-23-16)18(20,21)22/h2-5,10-11H,6-9H2,1H3. The summed E-state index contributed by atoms with van der Waals surface area (Å²) < 4.78 is 69.8. The highest BCUT2D eigenvalue weighted by molar-refractivity contribution is 7.89. The first-order valence-corrected chi connectivity index (χ1v) is 10.5. The van der Waals surface area contributed by atoms with Crippen LogP contribution in [0.5, 0.6) is 0 Å². The number of halogens is 4. The van der Waals surface area contributed by atoms with Crippen LogP contribution in [0.4, 0.5) is 19.0 Å². The molecule has 3 rings (SSSR count). The Labute approximate surface area is 176 Å². The summed E-state index contributed by atoms with van der Waals surface area (Å²) >= 11 is 5.97. The third kappa shape index (κ3) is 4.52. The molecule has 0 atom stereocenters. The molecule has 0 spiro atoms. The van der Waals surface area contributed by atoms with E-state index in [1.165, 1.54) is 35.7 Å². The smallest absolute Gasteiger partial charge is 0.417 e. The van der Waals surface area contributed by atoms with Gasteiger partial charge < -0.3 is 9.64 Å². The highest BCUT2D eigenvalue weighted by Gasteiger charge is 2.33. The van der Waals surface area contributed by atoms with Crippen LogP contribution in [0.1, 0.15) is 15.9 Å². The summed E-state index contributed by atoms with van der Waals surface area (Å²) in [4.78, 5) is 17.0. The summed E-state index contributed by atoms with van der Waals surface area (Å²) in [5, 5.41) is -0.153. The van der Waals surface area contributed by atoms with Crippen molar-refractivity contribution < 1.29 is 31.1 Å². The van der Waals surface area contributed by atoms with Gasteiger partial charge in [0.15, 0.2) is 0 Å². The number of esters is 1. The lowest BCUT2D eigenvalue weighted by atomic mass is 10.2. The fraction of sp³-hybridized carbons (Fsp3) is 0.333. The highest BCUT2D eigenvalue weighted by atomic mass is 35.5. The summed E-state index contributed by atoms with van der Waals surface area (Å²) in [6, 6.07) is 6.17. The zero-order valence-electron chi connectivity index (χ0n) is 15.7. The van der Waals surface area contributed by atoms with Crippen LogP contribution in [-0.4, -0.2) is 57.0 Å². The van der Waals surface area contributed by atoms with Crippen molar-refractivity contribution in [3.05, 3.63) is 52.7 Å². The summed E-state index contributed by atoms with van der Waals surface area (Å²) in [5.41, 5.74) is -0.725. The monoisotopic (exact) mass is 463 g/mol. The van der Waals surface area contributed by atoms with E-state index in [4.69, 9.17) is 11.6 Å². The molecule has 7 nitrogen and oxygen atoms in total. The third-order valence-corrected chi connectivity index (χ3v) is 6.79. The van der Waals surface area contributed by atoms with Crippen molar-refractivity contribution in [3.63, 3.8) is 0 Å². The number of anilines is 1. The Hall–Kier alpha value is -2.37. The minimum Gasteiger partial charge on any atom is -0.465 e. The summed E-state index contributed by atoms with van der Waals surface area (Å²) in [7, 11) is -2.57. The van der Waals surface area contributed by atoms with Crippen LogP contribution >= 0.6 is 11.6 Å². The van der Waals surface area contributed by atoms with E-state index >= 15 is 0 Å². The van der Waals surface area contributed by atoms with E-state index in [0.29, 0.717) is 6.20 Å². The molecule has 1 aliphatic heterocycles. The Bertz CT molecular complexity index is 1040. The Morgan fingerprint density at radius 2 is 1.73 bits per heavy atom. The second-order valence-corrected chi connectivity index (χ2v) is 8.78. The molecule has 1 fully saturated rings. The molecule has 2 aromatic rings. The fourth-order valence-corrected chi connectivity index (χ4v) is 4.70. The summed E-state index contributed by atoms with van der Waals surface area (Å²) in [6.45, 7) is 0.607. The van der Waals surface area contributed by atoms with Gasteiger partial charge in [-0.05, 0) is 30.3 Å². The molecule has 0 unspecified atom stereocenters. The third-order valence-electron chi connectivity index (χ3n) is 4.60. The molecule has 1 aliphatic rings. The van der Waals surface area contributed by atoms with Crippen LogP contribution in [0.15, 0.2) is 41.4 Å². The molecule has 2 heterocycles. The van der Waals surface area contributed by atoms with Crippen LogP contribution in [0.3, 0.4) is 0 Å². The number of aromatic nitrogens is 1. The second kappa shape index (κ2) is 8.40. The lowest BCUT2D eigenvalue weighted by molar-refractivity contribution is -0.137. The lowest BCUT2D eigenvalue weighted by Gasteiger charge is -2.35. The van der Waals surface area contributed by atoms with Crippen LogP contribution in [0, 0.1) is 0 Å². The highest BCUT2D eigenvalue weighted by Crippen LogP contribution is 2.34. The van der Waals surface area contributed by atoms with Crippen molar-refractivity contribution in [2.24, 2.45) is 0 Å². The first kappa shape index (κ1) is 22.3. The van der Waals surface area contributed by atoms with Gasteiger partial charge >= 0.3 is 12.1 Å². The van der Waals surface area contributed by atoms with Gasteiger partial charge in [-0.3, -0.25) is 0 Å². The largest absolute Gasteiger partial charge is 0.465 e. The molecule has 0 saturated carbocycles. The normalized spacial score (nSPS) is 15.8. The number of sulfonamides is 1. The summed E-state index contributed by atoms with van der Waals surface area (Å²) in [5.74, 6) is -0.405. The number of carbonyl (C=O) groups excluding carboxylic acids is 1. The molecule has 0 bridgehead atoms. The van der Waals surface area contributed by atoms with Crippen LogP contribution in [0.25, 0.3) is 0 Å². The predicted octanol–water partition coefficient (Wildman–Crippen LogP) is 3.05. The first-order chi connectivity index (χ1) is 14.0. The second-order valence-electron chi connectivity index (χ2n) is 6.43. The maximum absolute atomic E-state index is 12.8. The van der Waals surface area contributed by atoms with E-state index in [2.05, 4.69) is 9.72 Å². The summed E-state index contributed by atoms with van der Waals surface area (Å²) in [6.07, 6.45) is -3.85. The van der Waals surface area contributed by atoms with Crippen molar-refractivity contribution in [3.8, 4) is 0 Å². The fourth-order valence-electron chi connectivity index (χ4n) is 2.99. The quantitative estimate of drug-likeness (QED) is 0.648. The average Bonchev–Trinajstić information content (AvgIpc) is 2.72. The van der Waals surface area contributed by atoms with E-state index < -0.39 is 27.7 Å². The number of methoxy groups -OCH3 is 1. The number of hydrogen-bond donors (Lipinski definition) is 0. The zero-order valence-corrected chi connectivity index (χ0v) is 17.3. The number of ether oxygens (including phenoxy) is 1. The van der Waals surface area contributed by atoms with Gasteiger partial charge in [0.2, 0.25) is 10.0 Å². The molecule has 0 aliphatic carbocycles. The van der Waals surface area contributed by atoms with Crippen molar-refractivity contribution in [1.82, 2.24) is 9.29 Å². The van der Waals surface area contributed by atoms with Gasteiger partial charge in [-0.1, -0.05) is 11.6 Å². The molecular formula is C18H17ClF3N3O4S. The molecule has 30 heavy (non-hydrogen) atoms. The van der Waals surface area contributed by atoms with E-state index in [1.807, 2.05) is 0 Å². The van der Waals surface area contributed by atoms with Gasteiger partial charge in [0.25, 0.3) is 0 Å². The number of rotatable bonds is 4. The Morgan fingerprint density at radius 3 is 2.23 bits per heavy atom. The number of piperazine rings is 1. The van der Waals surface area contributed by atoms with Crippen molar-refractivity contribution >= 4 is 33.4 Å². The van der Waals surface area contributed by atoms with Gasteiger partial charge in [-0.25, -0.2) is 18.2 Å². The molecule has 0 radical (unpaired) electrons. The molecule has 162 valence electrons. The molecule has 1 aromatic carbocycles. The maximum atomic E-state index is 12.8. The van der Waals surface area contributed by atoms with E-state index in [-0.39, 0.29) is 47.5 Å². The van der Waals surface area contributed by atoms with E-state index in [1.54, 1.807) is 4.90 Å². The average molecular weight is 464 g/mol. The lowest BCUT2D eigenvalue weighted by Crippen LogP contribution is -2.49. The van der Waals surface area contributed by atoms with Gasteiger partial charge in [0.1, 0.15) is 5.82 Å². The SMILES string of the molecule is COC(=O)c1ccc(S(=O)(=O)N2CCN(c3ncc(C(F)(F)F)cc3Cl)CC2)cc1. The number of pyridine rings is 1. The Balaban J connectivity index is 1.71. The minimum absolute atomic E-state index is 0.0225. The molecular weight excluding hydrogens is 447 g/mol. The number of benzene rings is 1.